The molecule has 1 atom stereocenters. The van der Waals surface area contributed by atoms with E-state index in [0.29, 0.717) is 25.6 Å². The van der Waals surface area contributed by atoms with Crippen molar-refractivity contribution in [1.29, 1.82) is 0 Å². The van der Waals surface area contributed by atoms with Crippen LogP contribution in [0.5, 0.6) is 0 Å². The highest BCUT2D eigenvalue weighted by Crippen LogP contribution is 2.31. The molecule has 5 rings (SSSR count). The first-order valence-electron chi connectivity index (χ1n) is 10.9. The summed E-state index contributed by atoms with van der Waals surface area (Å²) in [7, 11) is 1.98. The number of aromatic nitrogens is 2. The van der Waals surface area contributed by atoms with Gasteiger partial charge < -0.3 is 9.30 Å². The van der Waals surface area contributed by atoms with Crippen molar-refractivity contribution in [2.45, 2.75) is 19.9 Å². The fourth-order valence-electron chi connectivity index (χ4n) is 4.38. The van der Waals surface area contributed by atoms with Gasteiger partial charge in [-0.05, 0) is 43.7 Å². The van der Waals surface area contributed by atoms with E-state index in [1.54, 1.807) is 30.5 Å². The SMILES string of the molecule is CCOC(=O)C1=C(C)N=c2sc(=Cc3cn(C)c4ccccc34)c(=O)n2C1c1ccc(Cl)cc1. The van der Waals surface area contributed by atoms with Crippen LogP contribution >= 0.6 is 22.9 Å². The number of fused-ring (bicyclic) bond motifs is 2. The van der Waals surface area contributed by atoms with Crippen LogP contribution in [0.25, 0.3) is 17.0 Å². The summed E-state index contributed by atoms with van der Waals surface area (Å²) in [4.78, 5) is 31.8. The van der Waals surface area contributed by atoms with Crippen molar-refractivity contribution in [1.82, 2.24) is 9.13 Å². The minimum absolute atomic E-state index is 0.203. The molecule has 0 N–H and O–H groups in total. The highest BCUT2D eigenvalue weighted by atomic mass is 35.5. The van der Waals surface area contributed by atoms with Crippen molar-refractivity contribution in [3.63, 3.8) is 0 Å². The first-order chi connectivity index (χ1) is 16.4. The van der Waals surface area contributed by atoms with Gasteiger partial charge >= 0.3 is 5.97 Å². The van der Waals surface area contributed by atoms with Crippen LogP contribution in [0.4, 0.5) is 0 Å². The number of hydrogen-bond donors (Lipinski definition) is 0. The molecule has 0 radical (unpaired) electrons. The van der Waals surface area contributed by atoms with E-state index in [1.165, 1.54) is 11.3 Å². The number of carbonyl (C=O) groups is 1. The Kier molecular flexibility index (Phi) is 5.75. The van der Waals surface area contributed by atoms with Crippen molar-refractivity contribution in [2.24, 2.45) is 12.0 Å². The van der Waals surface area contributed by atoms with E-state index in [-0.39, 0.29) is 12.2 Å². The lowest BCUT2D eigenvalue weighted by Gasteiger charge is -2.24. The van der Waals surface area contributed by atoms with Crippen molar-refractivity contribution in [3.8, 4) is 0 Å². The zero-order valence-corrected chi connectivity index (χ0v) is 20.5. The maximum Gasteiger partial charge on any atom is 0.338 e. The number of rotatable bonds is 4. The van der Waals surface area contributed by atoms with E-state index in [1.807, 2.05) is 60.3 Å². The maximum atomic E-state index is 13.7. The zero-order valence-electron chi connectivity index (χ0n) is 18.9. The quantitative estimate of drug-likeness (QED) is 0.406. The number of hydrogen-bond acceptors (Lipinski definition) is 5. The van der Waals surface area contributed by atoms with Gasteiger partial charge in [-0.1, -0.05) is 53.3 Å². The molecule has 2 aromatic carbocycles. The molecule has 8 heteroatoms. The molecule has 0 aliphatic carbocycles. The van der Waals surface area contributed by atoms with Crippen LogP contribution in [-0.4, -0.2) is 21.7 Å². The van der Waals surface area contributed by atoms with E-state index in [4.69, 9.17) is 16.3 Å². The number of aryl methyl sites for hydroxylation is 1. The van der Waals surface area contributed by atoms with Gasteiger partial charge in [-0.15, -0.1) is 0 Å². The Bertz CT molecular complexity index is 1640. The molecule has 0 amide bonds. The van der Waals surface area contributed by atoms with Gasteiger partial charge in [0.1, 0.15) is 0 Å². The number of ether oxygens (including phenoxy) is 1. The second kappa shape index (κ2) is 8.74. The third kappa shape index (κ3) is 3.71. The second-order valence-electron chi connectivity index (χ2n) is 8.07. The molecule has 2 aromatic heterocycles. The Morgan fingerprint density at radius 2 is 1.94 bits per heavy atom. The van der Waals surface area contributed by atoms with Gasteiger partial charge in [-0.25, -0.2) is 9.79 Å². The summed E-state index contributed by atoms with van der Waals surface area (Å²) in [6.45, 7) is 3.76. The molecule has 34 heavy (non-hydrogen) atoms. The molecular weight excluding hydrogens is 470 g/mol. The molecule has 0 bridgehead atoms. The highest BCUT2D eigenvalue weighted by Gasteiger charge is 2.33. The topological polar surface area (TPSA) is 65.6 Å². The number of allylic oxidation sites excluding steroid dienone is 1. The Morgan fingerprint density at radius 3 is 2.68 bits per heavy atom. The largest absolute Gasteiger partial charge is 0.463 e. The van der Waals surface area contributed by atoms with E-state index >= 15 is 0 Å². The van der Waals surface area contributed by atoms with Gasteiger partial charge in [0.05, 0.1) is 28.5 Å². The Balaban J connectivity index is 1.75. The van der Waals surface area contributed by atoms with E-state index in [2.05, 4.69) is 4.99 Å². The average molecular weight is 492 g/mol. The summed E-state index contributed by atoms with van der Waals surface area (Å²) < 4.78 is 9.51. The predicted octanol–water partition coefficient (Wildman–Crippen LogP) is 3.94. The van der Waals surface area contributed by atoms with Crippen LogP contribution in [0.1, 0.15) is 31.0 Å². The Labute approximate surface area is 204 Å². The van der Waals surface area contributed by atoms with Crippen LogP contribution in [0.3, 0.4) is 0 Å². The number of esters is 1. The van der Waals surface area contributed by atoms with E-state index < -0.39 is 12.0 Å². The van der Waals surface area contributed by atoms with Gasteiger partial charge in [-0.2, -0.15) is 0 Å². The van der Waals surface area contributed by atoms with Crippen LogP contribution in [-0.2, 0) is 16.6 Å². The number of nitrogens with zero attached hydrogens (tertiary/aromatic N) is 3. The maximum absolute atomic E-state index is 13.7. The summed E-state index contributed by atoms with van der Waals surface area (Å²) in [5.74, 6) is -0.480. The lowest BCUT2D eigenvalue weighted by molar-refractivity contribution is -0.139. The molecule has 172 valence electrons. The highest BCUT2D eigenvalue weighted by molar-refractivity contribution is 7.07. The second-order valence-corrected chi connectivity index (χ2v) is 9.51. The molecule has 0 saturated carbocycles. The van der Waals surface area contributed by atoms with Crippen LogP contribution in [0.15, 0.2) is 75.8 Å². The lowest BCUT2D eigenvalue weighted by Crippen LogP contribution is -2.39. The Hall–Kier alpha value is -3.42. The number of thiazole rings is 1. The molecule has 4 aromatic rings. The minimum atomic E-state index is -0.651. The lowest BCUT2D eigenvalue weighted by atomic mass is 9.96. The number of carbonyl (C=O) groups excluding carboxylic acids is 1. The molecule has 3 heterocycles. The van der Waals surface area contributed by atoms with Crippen molar-refractivity contribution in [2.75, 3.05) is 6.61 Å². The molecular formula is C26H22ClN3O3S. The van der Waals surface area contributed by atoms with Gasteiger partial charge in [0, 0.05) is 34.7 Å². The van der Waals surface area contributed by atoms with Crippen LogP contribution in [0, 0.1) is 0 Å². The molecule has 0 fully saturated rings. The smallest absolute Gasteiger partial charge is 0.338 e. The van der Waals surface area contributed by atoms with Crippen LogP contribution < -0.4 is 14.9 Å². The van der Waals surface area contributed by atoms with Crippen LogP contribution in [0.2, 0.25) is 5.02 Å². The fraction of sp³-hybridized carbons (Fsp3) is 0.192. The van der Waals surface area contributed by atoms with E-state index in [0.717, 1.165) is 22.0 Å². The third-order valence-corrected chi connectivity index (χ3v) is 7.15. The van der Waals surface area contributed by atoms with Crippen molar-refractivity contribution >= 4 is 45.9 Å². The van der Waals surface area contributed by atoms with Gasteiger partial charge in [0.15, 0.2) is 4.80 Å². The summed E-state index contributed by atoms with van der Waals surface area (Å²) in [5.41, 5.74) is 3.49. The first kappa shape index (κ1) is 22.4. The standard InChI is InChI=1S/C26H22ClN3O3S/c1-4-33-25(32)22-15(2)28-26-30(23(22)16-9-11-18(27)12-10-16)24(31)21(34-26)13-17-14-29(3)20-8-6-5-7-19(17)20/h5-14,23H,4H2,1-3H3. The van der Waals surface area contributed by atoms with Gasteiger partial charge in [0.2, 0.25) is 0 Å². The van der Waals surface area contributed by atoms with Crippen molar-refractivity contribution in [3.05, 3.63) is 102 Å². The van der Waals surface area contributed by atoms with Gasteiger partial charge in [0.25, 0.3) is 5.56 Å². The van der Waals surface area contributed by atoms with Gasteiger partial charge in [-0.3, -0.25) is 9.36 Å². The summed E-state index contributed by atoms with van der Waals surface area (Å²) in [6.07, 6.45) is 3.91. The minimum Gasteiger partial charge on any atom is -0.463 e. The molecule has 1 aliphatic rings. The zero-order chi connectivity index (χ0) is 24.0. The normalized spacial score (nSPS) is 16.0. The average Bonchev–Trinajstić information content (AvgIpc) is 3.30. The molecule has 1 aliphatic heterocycles. The molecule has 6 nitrogen and oxygen atoms in total. The molecule has 0 saturated heterocycles. The summed E-state index contributed by atoms with van der Waals surface area (Å²) >= 11 is 7.42. The summed E-state index contributed by atoms with van der Waals surface area (Å²) in [6, 6.07) is 14.6. The third-order valence-electron chi connectivity index (χ3n) is 5.92. The predicted molar refractivity (Wildman–Crippen MR) is 135 cm³/mol. The number of benzene rings is 2. The number of halogens is 1. The molecule has 1 unspecified atom stereocenters. The van der Waals surface area contributed by atoms with E-state index in [9.17, 15) is 9.59 Å². The fourth-order valence-corrected chi connectivity index (χ4v) is 5.54. The monoisotopic (exact) mass is 491 g/mol. The number of para-hydroxylation sites is 1. The van der Waals surface area contributed by atoms with Crippen molar-refractivity contribution < 1.29 is 9.53 Å². The first-order valence-corrected chi connectivity index (χ1v) is 12.1. The Morgan fingerprint density at radius 1 is 1.21 bits per heavy atom. The summed E-state index contributed by atoms with van der Waals surface area (Å²) in [5, 5.41) is 1.64. The molecule has 0 spiro atoms.